The quantitative estimate of drug-likeness (QED) is 0.726. The summed E-state index contributed by atoms with van der Waals surface area (Å²) in [5, 5.41) is 13.3. The number of benzene rings is 2. The van der Waals surface area contributed by atoms with Gasteiger partial charge in [-0.3, -0.25) is 14.4 Å². The fraction of sp³-hybridized carbons (Fsp3) is 0.235. The van der Waals surface area contributed by atoms with E-state index in [2.05, 4.69) is 15.5 Å². The van der Waals surface area contributed by atoms with Crippen molar-refractivity contribution in [2.45, 2.75) is 24.7 Å². The number of amides is 1. The van der Waals surface area contributed by atoms with E-state index in [1.807, 2.05) is 19.1 Å². The van der Waals surface area contributed by atoms with Gasteiger partial charge in [0.15, 0.2) is 0 Å². The van der Waals surface area contributed by atoms with Gasteiger partial charge in [-0.05, 0) is 23.9 Å². The number of nitrogens with one attached hydrogen (secondary N) is 1. The molecule has 134 valence electrons. The number of rotatable bonds is 5. The molecule has 9 heteroatoms. The number of sulfonamides is 1. The van der Waals surface area contributed by atoms with Gasteiger partial charge in [-0.1, -0.05) is 42.5 Å². The standard InChI is InChI=1S/C17H16N4O3S2/c1-2-5-15-19-20-17(25-15)18-14(22)10-21-12-8-3-6-11-7-4-9-13(16(11)12)26(21,23)24/h3-4,6-9H,2,5,10H2,1H3,(H,18,20,22). The number of hydrogen-bond acceptors (Lipinski definition) is 6. The largest absolute Gasteiger partial charge is 0.299 e. The van der Waals surface area contributed by atoms with Crippen LogP contribution >= 0.6 is 11.3 Å². The summed E-state index contributed by atoms with van der Waals surface area (Å²) >= 11 is 1.30. The molecular formula is C17H16N4O3S2. The van der Waals surface area contributed by atoms with Gasteiger partial charge in [0.25, 0.3) is 10.0 Å². The summed E-state index contributed by atoms with van der Waals surface area (Å²) in [4.78, 5) is 12.7. The smallest absolute Gasteiger partial charge is 0.265 e. The first-order valence-corrected chi connectivity index (χ1v) is 10.4. The lowest BCUT2D eigenvalue weighted by Gasteiger charge is -2.17. The van der Waals surface area contributed by atoms with Gasteiger partial charge in [-0.25, -0.2) is 8.42 Å². The predicted molar refractivity (Wildman–Crippen MR) is 101 cm³/mol. The normalized spacial score (nSPS) is 14.7. The number of aryl methyl sites for hydroxylation is 1. The van der Waals surface area contributed by atoms with E-state index >= 15 is 0 Å². The van der Waals surface area contributed by atoms with E-state index < -0.39 is 15.9 Å². The maximum Gasteiger partial charge on any atom is 0.265 e. The van der Waals surface area contributed by atoms with Crippen molar-refractivity contribution in [1.82, 2.24) is 10.2 Å². The lowest BCUT2D eigenvalue weighted by Crippen LogP contribution is -2.35. The van der Waals surface area contributed by atoms with Crippen molar-refractivity contribution in [2.24, 2.45) is 0 Å². The molecule has 3 aromatic rings. The van der Waals surface area contributed by atoms with E-state index in [-0.39, 0.29) is 11.4 Å². The van der Waals surface area contributed by atoms with E-state index in [1.54, 1.807) is 24.3 Å². The number of nitrogens with zero attached hydrogens (tertiary/aromatic N) is 3. The van der Waals surface area contributed by atoms with Crippen molar-refractivity contribution in [3.8, 4) is 0 Å². The first kappa shape index (κ1) is 16.9. The van der Waals surface area contributed by atoms with Crippen LogP contribution in [0.25, 0.3) is 10.8 Å². The van der Waals surface area contributed by atoms with Gasteiger partial charge in [-0.15, -0.1) is 10.2 Å². The molecule has 0 bridgehead atoms. The molecule has 1 aliphatic rings. The van der Waals surface area contributed by atoms with Gasteiger partial charge in [0.1, 0.15) is 11.6 Å². The van der Waals surface area contributed by atoms with Crippen LogP contribution in [-0.2, 0) is 21.2 Å². The Bertz CT molecular complexity index is 1100. The number of carbonyl (C=O) groups is 1. The van der Waals surface area contributed by atoms with Crippen molar-refractivity contribution < 1.29 is 13.2 Å². The Morgan fingerprint density at radius 3 is 2.73 bits per heavy atom. The molecule has 7 nitrogen and oxygen atoms in total. The summed E-state index contributed by atoms with van der Waals surface area (Å²) in [5.41, 5.74) is 0.525. The number of anilines is 2. The fourth-order valence-electron chi connectivity index (χ4n) is 3.04. The molecule has 0 unspecified atom stereocenters. The van der Waals surface area contributed by atoms with Crippen LogP contribution in [0, 0.1) is 0 Å². The highest BCUT2D eigenvalue weighted by Crippen LogP contribution is 2.41. The Labute approximate surface area is 154 Å². The summed E-state index contributed by atoms with van der Waals surface area (Å²) in [6, 6.07) is 10.5. The highest BCUT2D eigenvalue weighted by molar-refractivity contribution is 7.93. The molecule has 1 aromatic heterocycles. The van der Waals surface area contributed by atoms with Crippen molar-refractivity contribution >= 4 is 48.9 Å². The summed E-state index contributed by atoms with van der Waals surface area (Å²) < 4.78 is 26.9. The van der Waals surface area contributed by atoms with E-state index in [0.29, 0.717) is 16.2 Å². The lowest BCUT2D eigenvalue weighted by atomic mass is 10.1. The van der Waals surface area contributed by atoms with Gasteiger partial charge in [0, 0.05) is 11.8 Å². The average Bonchev–Trinajstić information content (AvgIpc) is 3.13. The van der Waals surface area contributed by atoms with Crippen molar-refractivity contribution in [1.29, 1.82) is 0 Å². The molecule has 26 heavy (non-hydrogen) atoms. The Morgan fingerprint density at radius 2 is 1.96 bits per heavy atom. The van der Waals surface area contributed by atoms with E-state index in [0.717, 1.165) is 27.5 Å². The number of carbonyl (C=O) groups excluding carboxylic acids is 1. The van der Waals surface area contributed by atoms with Crippen molar-refractivity contribution in [2.75, 3.05) is 16.2 Å². The molecule has 1 aliphatic heterocycles. The SMILES string of the molecule is CCCc1nnc(NC(=O)CN2c3cccc4cccc(c34)S2(=O)=O)s1. The molecule has 0 radical (unpaired) electrons. The number of hydrogen-bond donors (Lipinski definition) is 1. The minimum Gasteiger partial charge on any atom is -0.299 e. The third kappa shape index (κ3) is 2.73. The Balaban J connectivity index is 1.60. The van der Waals surface area contributed by atoms with Crippen LogP contribution in [0.15, 0.2) is 41.3 Å². The zero-order valence-corrected chi connectivity index (χ0v) is 15.6. The zero-order chi connectivity index (χ0) is 18.3. The summed E-state index contributed by atoms with van der Waals surface area (Å²) in [6.07, 6.45) is 1.74. The van der Waals surface area contributed by atoms with Crippen LogP contribution in [0.4, 0.5) is 10.8 Å². The van der Waals surface area contributed by atoms with Crippen molar-refractivity contribution in [3.63, 3.8) is 0 Å². The molecule has 0 atom stereocenters. The minimum atomic E-state index is -3.75. The Morgan fingerprint density at radius 1 is 1.19 bits per heavy atom. The molecule has 1 N–H and O–H groups in total. The fourth-order valence-corrected chi connectivity index (χ4v) is 5.56. The zero-order valence-electron chi connectivity index (χ0n) is 14.0. The first-order valence-electron chi connectivity index (χ1n) is 8.17. The monoisotopic (exact) mass is 388 g/mol. The molecule has 0 saturated carbocycles. The minimum absolute atomic E-state index is 0.236. The van der Waals surface area contributed by atoms with Gasteiger partial charge in [0.2, 0.25) is 11.0 Å². The van der Waals surface area contributed by atoms with Crippen molar-refractivity contribution in [3.05, 3.63) is 41.4 Å². The first-order chi connectivity index (χ1) is 12.5. The summed E-state index contributed by atoms with van der Waals surface area (Å²) in [7, 11) is -3.75. The highest BCUT2D eigenvalue weighted by Gasteiger charge is 2.36. The highest BCUT2D eigenvalue weighted by atomic mass is 32.2. The molecule has 1 amide bonds. The maximum atomic E-state index is 12.9. The lowest BCUT2D eigenvalue weighted by molar-refractivity contribution is -0.114. The molecule has 2 heterocycles. The van der Waals surface area contributed by atoms with Gasteiger partial charge >= 0.3 is 0 Å². The van der Waals surface area contributed by atoms with Gasteiger partial charge < -0.3 is 0 Å². The number of aromatic nitrogens is 2. The molecular weight excluding hydrogens is 372 g/mol. The van der Waals surface area contributed by atoms with E-state index in [9.17, 15) is 13.2 Å². The second kappa shape index (κ2) is 6.33. The molecule has 2 aromatic carbocycles. The van der Waals surface area contributed by atoms with Crippen LogP contribution in [0.2, 0.25) is 0 Å². The van der Waals surface area contributed by atoms with E-state index in [4.69, 9.17) is 0 Å². The topological polar surface area (TPSA) is 92.3 Å². The Kier molecular flexibility index (Phi) is 4.12. The van der Waals surface area contributed by atoms with Crippen LogP contribution in [-0.4, -0.2) is 31.1 Å². The average molecular weight is 388 g/mol. The maximum absolute atomic E-state index is 12.9. The second-order valence-corrected chi connectivity index (χ2v) is 8.84. The predicted octanol–water partition coefficient (Wildman–Crippen LogP) is 2.79. The van der Waals surface area contributed by atoms with Gasteiger partial charge in [0.05, 0.1) is 10.6 Å². The summed E-state index contributed by atoms with van der Waals surface area (Å²) in [5.74, 6) is -0.447. The third-order valence-electron chi connectivity index (χ3n) is 4.15. The van der Waals surface area contributed by atoms with E-state index in [1.165, 1.54) is 11.3 Å². The van der Waals surface area contributed by atoms with Crippen LogP contribution in [0.3, 0.4) is 0 Å². The second-order valence-electron chi connectivity index (χ2n) is 5.94. The molecule has 0 fully saturated rings. The van der Waals surface area contributed by atoms with Crippen LogP contribution in [0.5, 0.6) is 0 Å². The van der Waals surface area contributed by atoms with Gasteiger partial charge in [-0.2, -0.15) is 0 Å². The molecule has 0 aliphatic carbocycles. The molecule has 0 saturated heterocycles. The van der Waals surface area contributed by atoms with Crippen LogP contribution in [0.1, 0.15) is 18.4 Å². The molecule has 0 spiro atoms. The third-order valence-corrected chi connectivity index (χ3v) is 6.85. The van der Waals surface area contributed by atoms with Crippen LogP contribution < -0.4 is 9.62 Å². The summed E-state index contributed by atoms with van der Waals surface area (Å²) in [6.45, 7) is 1.73. The Hall–Kier alpha value is -2.52. The molecule has 4 rings (SSSR count).